The van der Waals surface area contributed by atoms with E-state index in [0.717, 1.165) is 54.0 Å². The van der Waals surface area contributed by atoms with Crippen LogP contribution in [0.3, 0.4) is 0 Å². The minimum absolute atomic E-state index is 0.0215. The average Bonchev–Trinajstić information content (AvgIpc) is 3.49. The van der Waals surface area contributed by atoms with Crippen molar-refractivity contribution in [3.05, 3.63) is 59.3 Å². The van der Waals surface area contributed by atoms with Crippen LogP contribution < -0.4 is 9.47 Å². The van der Waals surface area contributed by atoms with Crippen molar-refractivity contribution >= 4 is 5.91 Å². The summed E-state index contributed by atoms with van der Waals surface area (Å²) in [4.78, 5) is 14.9. The molecule has 1 saturated carbocycles. The predicted molar refractivity (Wildman–Crippen MR) is 140 cm³/mol. The van der Waals surface area contributed by atoms with Crippen LogP contribution in [-0.4, -0.2) is 43.3 Å². The molecule has 1 aromatic carbocycles. The molecule has 5 heteroatoms. The van der Waals surface area contributed by atoms with E-state index in [0.29, 0.717) is 19.6 Å². The third kappa shape index (κ3) is 6.19. The molecule has 3 atom stereocenters. The van der Waals surface area contributed by atoms with Gasteiger partial charge in [0.05, 0.1) is 18.8 Å². The lowest BCUT2D eigenvalue weighted by Crippen LogP contribution is -2.26. The molecule has 0 spiro atoms. The van der Waals surface area contributed by atoms with E-state index in [-0.39, 0.29) is 30.0 Å². The minimum Gasteiger partial charge on any atom is -0.489 e. The highest BCUT2D eigenvalue weighted by Crippen LogP contribution is 2.39. The van der Waals surface area contributed by atoms with Crippen molar-refractivity contribution in [2.75, 3.05) is 20.3 Å². The van der Waals surface area contributed by atoms with Gasteiger partial charge in [-0.3, -0.25) is 4.79 Å². The quantitative estimate of drug-likeness (QED) is 0.357. The highest BCUT2D eigenvalue weighted by molar-refractivity contribution is 5.82. The molecule has 0 radical (unpaired) electrons. The number of allylic oxidation sites excluding steroid dienone is 3. The highest BCUT2D eigenvalue weighted by atomic mass is 16.5. The van der Waals surface area contributed by atoms with E-state index < -0.39 is 0 Å². The van der Waals surface area contributed by atoms with Gasteiger partial charge in [0.25, 0.3) is 0 Å². The van der Waals surface area contributed by atoms with E-state index >= 15 is 0 Å². The zero-order valence-electron chi connectivity index (χ0n) is 21.8. The zero-order chi connectivity index (χ0) is 24.9. The molecule has 4 rings (SSSR count). The van der Waals surface area contributed by atoms with E-state index in [1.807, 2.05) is 24.8 Å². The number of benzene rings is 1. The van der Waals surface area contributed by atoms with E-state index in [1.165, 1.54) is 18.4 Å². The molecule has 190 valence electrons. The molecule has 35 heavy (non-hydrogen) atoms. The Morgan fingerprint density at radius 3 is 2.69 bits per heavy atom. The molecular formula is C30H41NO4. The molecular weight excluding hydrogens is 438 g/mol. The van der Waals surface area contributed by atoms with E-state index in [9.17, 15) is 4.79 Å². The largest absolute Gasteiger partial charge is 0.489 e. The molecule has 1 amide bonds. The van der Waals surface area contributed by atoms with Gasteiger partial charge in [-0.1, -0.05) is 29.9 Å². The van der Waals surface area contributed by atoms with Crippen LogP contribution in [0.15, 0.2) is 53.8 Å². The fourth-order valence-electron chi connectivity index (χ4n) is 5.40. The van der Waals surface area contributed by atoms with Crippen LogP contribution >= 0.6 is 0 Å². The average molecular weight is 480 g/mol. The van der Waals surface area contributed by atoms with Gasteiger partial charge in [-0.2, -0.15) is 0 Å². The van der Waals surface area contributed by atoms with Gasteiger partial charge in [0.1, 0.15) is 0 Å². The molecule has 1 saturated heterocycles. The Morgan fingerprint density at radius 2 is 2.00 bits per heavy atom. The smallest absolute Gasteiger partial charge is 0.227 e. The van der Waals surface area contributed by atoms with Gasteiger partial charge < -0.3 is 19.1 Å². The monoisotopic (exact) mass is 479 g/mol. The van der Waals surface area contributed by atoms with Crippen molar-refractivity contribution in [3.63, 3.8) is 0 Å². The lowest BCUT2D eigenvalue weighted by Gasteiger charge is -2.25. The third-order valence-corrected chi connectivity index (χ3v) is 7.75. The van der Waals surface area contributed by atoms with Gasteiger partial charge >= 0.3 is 0 Å². The molecule has 0 bridgehead atoms. The molecule has 0 N–H and O–H groups in total. The van der Waals surface area contributed by atoms with E-state index in [1.54, 1.807) is 7.11 Å². The summed E-state index contributed by atoms with van der Waals surface area (Å²) in [6, 6.07) is 6.23. The fourth-order valence-corrected chi connectivity index (χ4v) is 5.40. The molecule has 0 aromatic heterocycles. The molecule has 1 aliphatic heterocycles. The number of rotatable bonds is 10. The highest BCUT2D eigenvalue weighted by Gasteiger charge is 2.33. The Hall–Kier alpha value is -2.53. The Labute approximate surface area is 210 Å². The van der Waals surface area contributed by atoms with E-state index in [4.69, 9.17) is 14.2 Å². The van der Waals surface area contributed by atoms with Crippen LogP contribution in [0.5, 0.6) is 11.5 Å². The number of methoxy groups -OCH3 is 1. The third-order valence-electron chi connectivity index (χ3n) is 7.75. The summed E-state index contributed by atoms with van der Waals surface area (Å²) in [6.07, 6.45) is 11.8. The van der Waals surface area contributed by atoms with Crippen molar-refractivity contribution < 1.29 is 19.0 Å². The molecule has 2 aliphatic carbocycles. The number of hydrogen-bond donors (Lipinski definition) is 0. The van der Waals surface area contributed by atoms with Crippen LogP contribution in [0.2, 0.25) is 0 Å². The normalized spacial score (nSPS) is 22.6. The Kier molecular flexibility index (Phi) is 8.38. The van der Waals surface area contributed by atoms with Gasteiger partial charge in [0, 0.05) is 37.6 Å². The number of ether oxygens (including phenoxy) is 3. The van der Waals surface area contributed by atoms with Crippen LogP contribution in [-0.2, 0) is 9.53 Å². The second kappa shape index (κ2) is 11.5. The number of carbonyl (C=O) groups excluding carboxylic acids is 1. The SMILES string of the molecule is C=C(C)C(COc1ccc([C@H]2CC(=O)N(C3=CCCC(C)=C3)C2)cc1OC1CCCC1)C(C)OC. The van der Waals surface area contributed by atoms with Crippen LogP contribution in [0, 0.1) is 5.92 Å². The second-order valence-electron chi connectivity index (χ2n) is 10.5. The molecule has 5 nitrogen and oxygen atoms in total. The Bertz CT molecular complexity index is 988. The molecule has 2 fully saturated rings. The standard InChI is InChI=1S/C30H41NO4/c1-20(2)27(22(4)33-5)19-34-28-14-13-23(16-29(28)35-26-11-6-7-12-26)24-17-30(32)31(18-24)25-10-8-9-21(3)15-25/h10,13-16,22,24,26-27H,1,6-9,11-12,17-19H2,2-5H3/t22?,24-,27?/m0/s1. The van der Waals surface area contributed by atoms with Gasteiger partial charge in [-0.15, -0.1) is 0 Å². The van der Waals surface area contributed by atoms with Crippen molar-refractivity contribution in [2.24, 2.45) is 5.92 Å². The lowest BCUT2D eigenvalue weighted by atomic mass is 9.97. The summed E-state index contributed by atoms with van der Waals surface area (Å²) in [7, 11) is 1.72. The number of amides is 1. The number of hydrogen-bond acceptors (Lipinski definition) is 4. The molecule has 3 aliphatic rings. The van der Waals surface area contributed by atoms with Crippen molar-refractivity contribution in [2.45, 2.75) is 83.8 Å². The molecule has 2 unspecified atom stereocenters. The summed E-state index contributed by atoms with van der Waals surface area (Å²) in [5.41, 5.74) is 4.57. The topological polar surface area (TPSA) is 48.0 Å². The summed E-state index contributed by atoms with van der Waals surface area (Å²) < 4.78 is 18.3. The van der Waals surface area contributed by atoms with Crippen molar-refractivity contribution in [3.8, 4) is 11.5 Å². The summed E-state index contributed by atoms with van der Waals surface area (Å²) in [6.45, 7) is 11.5. The van der Waals surface area contributed by atoms with E-state index in [2.05, 4.69) is 37.8 Å². The zero-order valence-corrected chi connectivity index (χ0v) is 21.8. The van der Waals surface area contributed by atoms with Gasteiger partial charge in [-0.05, 0) is 83.1 Å². The first-order chi connectivity index (χ1) is 16.9. The maximum absolute atomic E-state index is 12.9. The van der Waals surface area contributed by atoms with Crippen molar-refractivity contribution in [1.29, 1.82) is 0 Å². The summed E-state index contributed by atoms with van der Waals surface area (Å²) >= 11 is 0. The molecule has 1 aromatic rings. The maximum Gasteiger partial charge on any atom is 0.227 e. The molecule has 1 heterocycles. The van der Waals surface area contributed by atoms with Gasteiger partial charge in [0.2, 0.25) is 5.91 Å². The summed E-state index contributed by atoms with van der Waals surface area (Å²) in [5, 5.41) is 0. The maximum atomic E-state index is 12.9. The van der Waals surface area contributed by atoms with Gasteiger partial charge in [-0.25, -0.2) is 0 Å². The Morgan fingerprint density at radius 1 is 1.23 bits per heavy atom. The first kappa shape index (κ1) is 25.6. The van der Waals surface area contributed by atoms with Gasteiger partial charge in [0.15, 0.2) is 11.5 Å². The number of likely N-dealkylation sites (tertiary alicyclic amines) is 1. The summed E-state index contributed by atoms with van der Waals surface area (Å²) in [5.74, 6) is 1.99. The number of carbonyl (C=O) groups is 1. The first-order valence-corrected chi connectivity index (χ1v) is 13.1. The predicted octanol–water partition coefficient (Wildman–Crippen LogP) is 6.55. The number of nitrogens with zero attached hydrogens (tertiary/aromatic N) is 1. The van der Waals surface area contributed by atoms with Crippen LogP contribution in [0.4, 0.5) is 0 Å². The Balaban J connectivity index is 1.53. The second-order valence-corrected chi connectivity index (χ2v) is 10.5. The lowest BCUT2D eigenvalue weighted by molar-refractivity contribution is -0.125. The van der Waals surface area contributed by atoms with Crippen LogP contribution in [0.1, 0.15) is 77.2 Å². The minimum atomic E-state index is 0.0215. The van der Waals surface area contributed by atoms with Crippen LogP contribution in [0.25, 0.3) is 0 Å². The first-order valence-electron chi connectivity index (χ1n) is 13.1. The van der Waals surface area contributed by atoms with Crippen molar-refractivity contribution in [1.82, 2.24) is 4.90 Å². The fraction of sp³-hybridized carbons (Fsp3) is 0.567.